The normalized spacial score (nSPS) is 22.4. The van der Waals surface area contributed by atoms with E-state index in [1.807, 2.05) is 0 Å². The molecule has 1 saturated heterocycles. The van der Waals surface area contributed by atoms with Gasteiger partial charge >= 0.3 is 6.09 Å². The zero-order valence-electron chi connectivity index (χ0n) is 17.0. The second-order valence-electron chi connectivity index (χ2n) is 9.33. The first-order valence-corrected chi connectivity index (χ1v) is 11.9. The van der Waals surface area contributed by atoms with E-state index in [0.29, 0.717) is 19.4 Å². The maximum atomic E-state index is 12.3. The van der Waals surface area contributed by atoms with E-state index >= 15 is 0 Å². The van der Waals surface area contributed by atoms with E-state index in [0.717, 1.165) is 4.90 Å². The number of rotatable bonds is 5. The Labute approximate surface area is 153 Å². The maximum absolute atomic E-state index is 12.3. The summed E-state index contributed by atoms with van der Waals surface area (Å²) < 4.78 is 11.4. The molecule has 6 nitrogen and oxygen atoms in total. The first kappa shape index (κ1) is 22.1. The average Bonchev–Trinajstić information content (AvgIpc) is 2.65. The van der Waals surface area contributed by atoms with E-state index in [-0.39, 0.29) is 17.4 Å². The average molecular weight is 374 g/mol. The van der Waals surface area contributed by atoms with Gasteiger partial charge in [-0.25, -0.2) is 9.69 Å². The minimum absolute atomic E-state index is 0.0347. The van der Waals surface area contributed by atoms with Crippen molar-refractivity contribution in [2.45, 2.75) is 96.7 Å². The first-order chi connectivity index (χ1) is 11.2. The molecule has 0 radical (unpaired) electrons. The Morgan fingerprint density at radius 1 is 1.24 bits per heavy atom. The summed E-state index contributed by atoms with van der Waals surface area (Å²) in [7, 11) is -1.82. The largest absolute Gasteiger partial charge is 0.443 e. The number of aliphatic hydroxyl groups is 1. The van der Waals surface area contributed by atoms with E-state index in [4.69, 9.17) is 9.16 Å². The number of aliphatic hydroxyl groups excluding tert-OH is 1. The fraction of sp³-hybridized carbons (Fsp3) is 0.889. The quantitative estimate of drug-likeness (QED) is 0.587. The van der Waals surface area contributed by atoms with Crippen LogP contribution in [0.2, 0.25) is 18.1 Å². The minimum Gasteiger partial charge on any atom is -0.443 e. The van der Waals surface area contributed by atoms with Crippen molar-refractivity contribution in [1.82, 2.24) is 4.90 Å². The molecular formula is C18H35NO5Si. The molecular weight excluding hydrogens is 338 g/mol. The van der Waals surface area contributed by atoms with Gasteiger partial charge in [0, 0.05) is 6.61 Å². The molecule has 1 rings (SSSR count). The number of carbonyl (C=O) groups is 2. The Hall–Kier alpha value is -0.923. The van der Waals surface area contributed by atoms with Crippen LogP contribution in [0.3, 0.4) is 0 Å². The van der Waals surface area contributed by atoms with Crippen molar-refractivity contribution in [3.8, 4) is 0 Å². The molecule has 1 aliphatic rings. The van der Waals surface area contributed by atoms with Gasteiger partial charge in [-0.2, -0.15) is 0 Å². The molecule has 25 heavy (non-hydrogen) atoms. The summed E-state index contributed by atoms with van der Waals surface area (Å²) in [5, 5.41) is 10.3. The smallest absolute Gasteiger partial charge is 0.417 e. The summed E-state index contributed by atoms with van der Waals surface area (Å²) in [4.78, 5) is 25.5. The van der Waals surface area contributed by atoms with Gasteiger partial charge < -0.3 is 14.3 Å². The molecule has 0 aliphatic carbocycles. The molecule has 7 heteroatoms. The van der Waals surface area contributed by atoms with Gasteiger partial charge in [0.2, 0.25) is 5.91 Å². The zero-order chi connectivity index (χ0) is 19.6. The molecule has 1 fully saturated rings. The van der Waals surface area contributed by atoms with Crippen LogP contribution in [-0.2, 0) is 14.0 Å². The minimum atomic E-state index is -1.82. The van der Waals surface area contributed by atoms with Gasteiger partial charge in [0.25, 0.3) is 0 Å². The maximum Gasteiger partial charge on any atom is 0.417 e. The molecule has 0 spiro atoms. The fourth-order valence-corrected chi connectivity index (χ4v) is 3.56. The lowest BCUT2D eigenvalue weighted by molar-refractivity contribution is -0.128. The molecule has 1 heterocycles. The summed E-state index contributed by atoms with van der Waals surface area (Å²) in [6.45, 7) is 16.8. The molecule has 2 atom stereocenters. The number of imide groups is 1. The monoisotopic (exact) mass is 373 g/mol. The Bertz CT molecular complexity index is 493. The highest BCUT2D eigenvalue weighted by Gasteiger charge is 2.44. The number of nitrogens with zero attached hydrogens (tertiary/aromatic N) is 1. The standard InChI is InChI=1S/C18H35NO5Si/c1-17(2,3)24-16(22)19-13(14(20)12-15(19)21)10-9-11-23-25(7,8)18(4,5)6/h13-14,20H,9-12H2,1-8H3/t13-,14+/m1/s1. The second-order valence-corrected chi connectivity index (χ2v) is 14.1. The van der Waals surface area contributed by atoms with E-state index in [1.54, 1.807) is 20.8 Å². The number of hydrogen-bond acceptors (Lipinski definition) is 5. The molecule has 146 valence electrons. The van der Waals surface area contributed by atoms with Crippen molar-refractivity contribution < 1.29 is 23.9 Å². The number of carbonyl (C=O) groups excluding carboxylic acids is 2. The Morgan fingerprint density at radius 3 is 2.28 bits per heavy atom. The number of amides is 2. The Balaban J connectivity index is 2.63. The molecule has 0 saturated carbocycles. The molecule has 0 aromatic carbocycles. The first-order valence-electron chi connectivity index (χ1n) is 9.03. The molecule has 0 aromatic heterocycles. The van der Waals surface area contributed by atoms with Gasteiger partial charge in [0.15, 0.2) is 8.32 Å². The molecule has 2 amide bonds. The lowest BCUT2D eigenvalue weighted by atomic mass is 10.1. The van der Waals surface area contributed by atoms with Crippen LogP contribution in [0.15, 0.2) is 0 Å². The van der Waals surface area contributed by atoms with Crippen LogP contribution >= 0.6 is 0 Å². The van der Waals surface area contributed by atoms with E-state index in [1.165, 1.54) is 0 Å². The molecule has 0 bridgehead atoms. The van der Waals surface area contributed by atoms with Crippen molar-refractivity contribution in [3.63, 3.8) is 0 Å². The number of ether oxygens (including phenoxy) is 1. The molecule has 1 aliphatic heterocycles. The van der Waals surface area contributed by atoms with Crippen molar-refractivity contribution in [2.24, 2.45) is 0 Å². The lowest BCUT2D eigenvalue weighted by Gasteiger charge is -2.36. The summed E-state index contributed by atoms with van der Waals surface area (Å²) in [5.74, 6) is -0.378. The fourth-order valence-electron chi connectivity index (χ4n) is 2.48. The molecule has 1 N–H and O–H groups in total. The van der Waals surface area contributed by atoms with E-state index in [2.05, 4.69) is 33.9 Å². The third-order valence-electron chi connectivity index (χ3n) is 4.93. The molecule has 0 aromatic rings. The van der Waals surface area contributed by atoms with E-state index in [9.17, 15) is 14.7 Å². The second kappa shape index (κ2) is 7.76. The lowest BCUT2D eigenvalue weighted by Crippen LogP contribution is -2.45. The summed E-state index contributed by atoms with van der Waals surface area (Å²) in [6, 6.07) is -0.537. The van der Waals surface area contributed by atoms with Crippen molar-refractivity contribution >= 4 is 20.3 Å². The summed E-state index contributed by atoms with van der Waals surface area (Å²) >= 11 is 0. The Kier molecular flexibility index (Phi) is 6.86. The van der Waals surface area contributed by atoms with Crippen LogP contribution in [0, 0.1) is 0 Å². The Morgan fingerprint density at radius 2 is 1.80 bits per heavy atom. The predicted octanol–water partition coefficient (Wildman–Crippen LogP) is 3.69. The van der Waals surface area contributed by atoms with Gasteiger partial charge in [0.1, 0.15) is 5.60 Å². The van der Waals surface area contributed by atoms with Crippen molar-refractivity contribution in [3.05, 3.63) is 0 Å². The van der Waals surface area contributed by atoms with Gasteiger partial charge in [-0.3, -0.25) is 4.79 Å². The zero-order valence-corrected chi connectivity index (χ0v) is 18.0. The van der Waals surface area contributed by atoms with Crippen molar-refractivity contribution in [2.75, 3.05) is 6.61 Å². The van der Waals surface area contributed by atoms with Gasteiger partial charge in [-0.15, -0.1) is 0 Å². The van der Waals surface area contributed by atoms with Gasteiger partial charge in [0.05, 0.1) is 18.6 Å². The van der Waals surface area contributed by atoms with Crippen LogP contribution in [0.1, 0.15) is 60.8 Å². The van der Waals surface area contributed by atoms with Crippen molar-refractivity contribution in [1.29, 1.82) is 0 Å². The number of likely N-dealkylation sites (tertiary alicyclic amines) is 1. The van der Waals surface area contributed by atoms with Crippen LogP contribution in [0.25, 0.3) is 0 Å². The predicted molar refractivity (Wildman–Crippen MR) is 99.9 cm³/mol. The SMILES string of the molecule is CC(C)(C)OC(=O)N1C(=O)C[C@H](O)[C@H]1CCCO[Si](C)(C)C(C)(C)C. The summed E-state index contributed by atoms with van der Waals surface area (Å²) in [6.07, 6.45) is -0.355. The third kappa shape index (κ3) is 6.08. The highest BCUT2D eigenvalue weighted by atomic mass is 28.4. The highest BCUT2D eigenvalue weighted by molar-refractivity contribution is 6.74. The van der Waals surface area contributed by atoms with Crippen LogP contribution in [-0.4, -0.2) is 54.7 Å². The molecule has 0 unspecified atom stereocenters. The van der Waals surface area contributed by atoms with Gasteiger partial charge in [-0.05, 0) is 51.7 Å². The van der Waals surface area contributed by atoms with E-state index < -0.39 is 32.2 Å². The third-order valence-corrected chi connectivity index (χ3v) is 9.47. The topological polar surface area (TPSA) is 76.1 Å². The number of hydrogen-bond donors (Lipinski definition) is 1. The van der Waals surface area contributed by atoms with Gasteiger partial charge in [-0.1, -0.05) is 20.8 Å². The van der Waals surface area contributed by atoms with Crippen LogP contribution < -0.4 is 0 Å². The van der Waals surface area contributed by atoms with Crippen LogP contribution in [0.5, 0.6) is 0 Å². The summed E-state index contributed by atoms with van der Waals surface area (Å²) in [5.41, 5.74) is -0.680. The van der Waals surface area contributed by atoms with Crippen LogP contribution in [0.4, 0.5) is 4.79 Å². The highest BCUT2D eigenvalue weighted by Crippen LogP contribution is 2.36.